The minimum Gasteiger partial charge on any atom is -0.299 e. The van der Waals surface area contributed by atoms with Gasteiger partial charge in [0.05, 0.1) is 6.10 Å². The summed E-state index contributed by atoms with van der Waals surface area (Å²) in [7, 11) is 2.21. The lowest BCUT2D eigenvalue weighted by molar-refractivity contribution is -0.0754. The summed E-state index contributed by atoms with van der Waals surface area (Å²) in [5.41, 5.74) is 0.285. The number of hydrogen-bond donors (Lipinski definition) is 1. The standard InChI is InChI=1S/C10H20N2O/c1-12-8-4-7-10(12)6-3-2-5-9(10)13-11/h9H,2-8,11H2,1H3. The molecule has 2 fully saturated rings. The van der Waals surface area contributed by atoms with E-state index < -0.39 is 0 Å². The van der Waals surface area contributed by atoms with Gasteiger partial charge in [-0.1, -0.05) is 12.8 Å². The number of nitrogens with zero attached hydrogens (tertiary/aromatic N) is 1. The molecule has 76 valence electrons. The summed E-state index contributed by atoms with van der Waals surface area (Å²) >= 11 is 0. The Balaban J connectivity index is 2.15. The summed E-state index contributed by atoms with van der Waals surface area (Å²) in [4.78, 5) is 7.62. The van der Waals surface area contributed by atoms with Crippen LogP contribution in [0.4, 0.5) is 0 Å². The van der Waals surface area contributed by atoms with Gasteiger partial charge < -0.3 is 0 Å². The van der Waals surface area contributed by atoms with Crippen LogP contribution in [0.2, 0.25) is 0 Å². The zero-order chi connectivity index (χ0) is 9.31. The second kappa shape index (κ2) is 3.56. The fourth-order valence-electron chi connectivity index (χ4n) is 3.14. The molecule has 2 unspecified atom stereocenters. The maximum absolute atomic E-state index is 5.39. The molecule has 0 amide bonds. The second-order valence-electron chi connectivity index (χ2n) is 4.50. The maximum Gasteiger partial charge on any atom is 0.0970 e. The molecule has 1 spiro atoms. The molecular formula is C10H20N2O. The van der Waals surface area contributed by atoms with Gasteiger partial charge in [0.25, 0.3) is 0 Å². The van der Waals surface area contributed by atoms with Gasteiger partial charge in [0.2, 0.25) is 0 Å². The van der Waals surface area contributed by atoms with Crippen LogP contribution in [0.25, 0.3) is 0 Å². The van der Waals surface area contributed by atoms with E-state index in [2.05, 4.69) is 11.9 Å². The first-order valence-corrected chi connectivity index (χ1v) is 5.36. The molecule has 1 saturated carbocycles. The van der Waals surface area contributed by atoms with Gasteiger partial charge in [0.1, 0.15) is 0 Å². The molecular weight excluding hydrogens is 164 g/mol. The van der Waals surface area contributed by atoms with Crippen molar-refractivity contribution >= 4 is 0 Å². The third-order valence-electron chi connectivity index (χ3n) is 3.95. The van der Waals surface area contributed by atoms with Crippen molar-refractivity contribution in [3.05, 3.63) is 0 Å². The van der Waals surface area contributed by atoms with Crippen LogP contribution in [-0.2, 0) is 4.84 Å². The highest BCUT2D eigenvalue weighted by molar-refractivity contribution is 5.02. The van der Waals surface area contributed by atoms with Crippen molar-refractivity contribution in [2.45, 2.75) is 50.2 Å². The summed E-state index contributed by atoms with van der Waals surface area (Å²) in [5, 5.41) is 0. The van der Waals surface area contributed by atoms with Crippen molar-refractivity contribution in [2.75, 3.05) is 13.6 Å². The summed E-state index contributed by atoms with van der Waals surface area (Å²) in [6, 6.07) is 0. The van der Waals surface area contributed by atoms with Crippen molar-refractivity contribution in [3.8, 4) is 0 Å². The molecule has 13 heavy (non-hydrogen) atoms. The van der Waals surface area contributed by atoms with Gasteiger partial charge in [-0.3, -0.25) is 9.74 Å². The number of likely N-dealkylation sites (tertiary alicyclic amines) is 1. The van der Waals surface area contributed by atoms with E-state index in [-0.39, 0.29) is 11.6 Å². The predicted octanol–water partition coefficient (Wildman–Crippen LogP) is 1.28. The van der Waals surface area contributed by atoms with E-state index >= 15 is 0 Å². The predicted molar refractivity (Wildman–Crippen MR) is 52.1 cm³/mol. The van der Waals surface area contributed by atoms with Crippen LogP contribution in [0, 0.1) is 0 Å². The van der Waals surface area contributed by atoms with Crippen molar-refractivity contribution in [2.24, 2.45) is 5.90 Å². The number of hydrogen-bond acceptors (Lipinski definition) is 3. The fourth-order valence-corrected chi connectivity index (χ4v) is 3.14. The minimum absolute atomic E-state index is 0.272. The highest BCUT2D eigenvalue weighted by atomic mass is 16.6. The zero-order valence-electron chi connectivity index (χ0n) is 8.46. The Morgan fingerprint density at radius 3 is 2.69 bits per heavy atom. The Kier molecular flexibility index (Phi) is 2.58. The molecule has 2 aliphatic rings. The average molecular weight is 184 g/mol. The van der Waals surface area contributed by atoms with Gasteiger partial charge >= 0.3 is 0 Å². The molecule has 2 atom stereocenters. The normalized spacial score (nSPS) is 41.5. The topological polar surface area (TPSA) is 38.5 Å². The Bertz CT molecular complexity index is 186. The molecule has 1 aliphatic heterocycles. The lowest BCUT2D eigenvalue weighted by Crippen LogP contribution is -2.54. The minimum atomic E-state index is 0.272. The molecule has 1 aliphatic carbocycles. The fraction of sp³-hybridized carbons (Fsp3) is 1.00. The van der Waals surface area contributed by atoms with E-state index in [9.17, 15) is 0 Å². The van der Waals surface area contributed by atoms with Gasteiger partial charge in [-0.05, 0) is 39.3 Å². The quantitative estimate of drug-likeness (QED) is 0.624. The van der Waals surface area contributed by atoms with E-state index in [0.29, 0.717) is 0 Å². The van der Waals surface area contributed by atoms with Crippen LogP contribution in [0.5, 0.6) is 0 Å². The largest absolute Gasteiger partial charge is 0.299 e. The van der Waals surface area contributed by atoms with E-state index in [4.69, 9.17) is 10.7 Å². The van der Waals surface area contributed by atoms with Crippen LogP contribution in [0.15, 0.2) is 0 Å². The molecule has 0 radical (unpaired) electrons. The molecule has 2 N–H and O–H groups in total. The van der Waals surface area contributed by atoms with Crippen LogP contribution in [0.1, 0.15) is 38.5 Å². The van der Waals surface area contributed by atoms with Crippen LogP contribution < -0.4 is 5.90 Å². The monoisotopic (exact) mass is 184 g/mol. The van der Waals surface area contributed by atoms with Gasteiger partial charge in [-0.15, -0.1) is 0 Å². The zero-order valence-corrected chi connectivity index (χ0v) is 8.46. The smallest absolute Gasteiger partial charge is 0.0970 e. The van der Waals surface area contributed by atoms with Crippen LogP contribution in [-0.4, -0.2) is 30.1 Å². The number of nitrogens with two attached hydrogens (primary N) is 1. The van der Waals surface area contributed by atoms with E-state index in [1.54, 1.807) is 0 Å². The Labute approximate surface area is 80.2 Å². The molecule has 0 aromatic heterocycles. The third-order valence-corrected chi connectivity index (χ3v) is 3.95. The van der Waals surface area contributed by atoms with Crippen molar-refractivity contribution in [1.82, 2.24) is 4.90 Å². The maximum atomic E-state index is 5.39. The molecule has 0 aromatic rings. The summed E-state index contributed by atoms with van der Waals surface area (Å²) in [5.74, 6) is 5.39. The van der Waals surface area contributed by atoms with Gasteiger partial charge in [-0.25, -0.2) is 5.90 Å². The summed E-state index contributed by atoms with van der Waals surface area (Å²) in [6.07, 6.45) is 7.86. The van der Waals surface area contributed by atoms with Gasteiger partial charge in [0, 0.05) is 5.54 Å². The first-order valence-electron chi connectivity index (χ1n) is 5.36. The highest BCUT2D eigenvalue weighted by Crippen LogP contribution is 2.41. The van der Waals surface area contributed by atoms with Crippen LogP contribution >= 0.6 is 0 Å². The van der Waals surface area contributed by atoms with E-state index in [1.165, 1.54) is 38.6 Å². The molecule has 3 heteroatoms. The SMILES string of the molecule is CN1CCCC12CCCCC2ON. The number of rotatable bonds is 1. The Morgan fingerprint density at radius 1 is 1.31 bits per heavy atom. The lowest BCUT2D eigenvalue weighted by Gasteiger charge is -2.44. The molecule has 2 rings (SSSR count). The lowest BCUT2D eigenvalue weighted by atomic mass is 9.77. The average Bonchev–Trinajstić information content (AvgIpc) is 2.50. The Morgan fingerprint density at radius 2 is 2.08 bits per heavy atom. The first-order chi connectivity index (χ1) is 6.29. The Hall–Kier alpha value is -0.120. The van der Waals surface area contributed by atoms with Crippen molar-refractivity contribution < 1.29 is 4.84 Å². The molecule has 0 bridgehead atoms. The molecule has 1 saturated heterocycles. The van der Waals surface area contributed by atoms with E-state index in [1.807, 2.05) is 0 Å². The third kappa shape index (κ3) is 1.39. The first kappa shape index (κ1) is 9.44. The van der Waals surface area contributed by atoms with E-state index in [0.717, 1.165) is 6.42 Å². The number of likely N-dealkylation sites (N-methyl/N-ethyl adjacent to an activating group) is 1. The van der Waals surface area contributed by atoms with Gasteiger partial charge in [0.15, 0.2) is 0 Å². The van der Waals surface area contributed by atoms with Crippen molar-refractivity contribution in [1.29, 1.82) is 0 Å². The molecule has 0 aromatic carbocycles. The van der Waals surface area contributed by atoms with Crippen LogP contribution in [0.3, 0.4) is 0 Å². The van der Waals surface area contributed by atoms with Gasteiger partial charge in [-0.2, -0.15) is 0 Å². The summed E-state index contributed by atoms with van der Waals surface area (Å²) < 4.78 is 0. The highest BCUT2D eigenvalue weighted by Gasteiger charge is 2.47. The second-order valence-corrected chi connectivity index (χ2v) is 4.50. The van der Waals surface area contributed by atoms with Crippen molar-refractivity contribution in [3.63, 3.8) is 0 Å². The molecule has 1 heterocycles. The molecule has 3 nitrogen and oxygen atoms in total. The summed E-state index contributed by atoms with van der Waals surface area (Å²) in [6.45, 7) is 1.21.